The predicted molar refractivity (Wildman–Crippen MR) is 73.5 cm³/mol. The summed E-state index contributed by atoms with van der Waals surface area (Å²) in [6, 6.07) is 8.57. The average Bonchev–Trinajstić information content (AvgIpc) is 2.44. The summed E-state index contributed by atoms with van der Waals surface area (Å²) in [6.07, 6.45) is 0. The van der Waals surface area contributed by atoms with Gasteiger partial charge in [0.25, 0.3) is 5.91 Å². The van der Waals surface area contributed by atoms with Gasteiger partial charge in [-0.15, -0.1) is 0 Å². The van der Waals surface area contributed by atoms with Crippen molar-refractivity contribution < 1.29 is 19.1 Å². The summed E-state index contributed by atoms with van der Waals surface area (Å²) >= 11 is 0. The van der Waals surface area contributed by atoms with Gasteiger partial charge in [-0.3, -0.25) is 4.79 Å². The van der Waals surface area contributed by atoms with E-state index in [4.69, 9.17) is 5.11 Å². The van der Waals surface area contributed by atoms with Crippen molar-refractivity contribution in [2.75, 3.05) is 0 Å². The molecule has 0 fully saturated rings. The van der Waals surface area contributed by atoms with Gasteiger partial charge in [0, 0.05) is 6.54 Å². The van der Waals surface area contributed by atoms with Crippen LogP contribution in [0, 0.1) is 12.7 Å². The Morgan fingerprint density at radius 2 is 2.05 bits per heavy atom. The zero-order valence-electron chi connectivity index (χ0n) is 11.3. The Bertz CT molecular complexity index is 701. The molecular formula is C15H13FN2O3. The molecule has 0 aliphatic heterocycles. The molecule has 0 unspecified atom stereocenters. The minimum atomic E-state index is -1.09. The molecule has 1 aromatic carbocycles. The lowest BCUT2D eigenvalue weighted by Crippen LogP contribution is -2.24. The monoisotopic (exact) mass is 288 g/mol. The molecule has 1 amide bonds. The quantitative estimate of drug-likeness (QED) is 0.903. The summed E-state index contributed by atoms with van der Waals surface area (Å²) in [5.41, 5.74) is 1.06. The maximum Gasteiger partial charge on any atom is 0.337 e. The summed E-state index contributed by atoms with van der Waals surface area (Å²) in [5.74, 6) is -1.91. The maximum absolute atomic E-state index is 13.0. The topological polar surface area (TPSA) is 79.3 Å². The molecule has 0 saturated carbocycles. The third-order valence-electron chi connectivity index (χ3n) is 2.89. The summed E-state index contributed by atoms with van der Waals surface area (Å²) in [5, 5.41) is 11.5. The number of carboxylic acid groups (broad SMARTS) is 1. The molecule has 108 valence electrons. The third kappa shape index (κ3) is 3.62. The van der Waals surface area contributed by atoms with E-state index in [1.54, 1.807) is 12.1 Å². The molecular weight excluding hydrogens is 275 g/mol. The van der Waals surface area contributed by atoms with Crippen LogP contribution in [-0.2, 0) is 6.54 Å². The van der Waals surface area contributed by atoms with Gasteiger partial charge in [0.15, 0.2) is 0 Å². The molecule has 0 aliphatic rings. The van der Waals surface area contributed by atoms with Gasteiger partial charge >= 0.3 is 5.97 Å². The van der Waals surface area contributed by atoms with Crippen molar-refractivity contribution in [1.82, 2.24) is 10.3 Å². The van der Waals surface area contributed by atoms with Crippen molar-refractivity contribution in [3.05, 3.63) is 64.7 Å². The highest BCUT2D eigenvalue weighted by molar-refractivity contribution is 5.94. The van der Waals surface area contributed by atoms with Gasteiger partial charge in [-0.1, -0.05) is 12.1 Å². The van der Waals surface area contributed by atoms with Gasteiger partial charge in [0.2, 0.25) is 0 Å². The van der Waals surface area contributed by atoms with Crippen LogP contribution in [0.1, 0.15) is 32.1 Å². The predicted octanol–water partition coefficient (Wildman–Crippen LogP) is 2.16. The Morgan fingerprint density at radius 1 is 1.29 bits per heavy atom. The van der Waals surface area contributed by atoms with Gasteiger partial charge in [-0.05, 0) is 36.8 Å². The smallest absolute Gasteiger partial charge is 0.337 e. The maximum atomic E-state index is 13.0. The Labute approximate surface area is 120 Å². The lowest BCUT2D eigenvalue weighted by atomic mass is 10.2. The van der Waals surface area contributed by atoms with E-state index >= 15 is 0 Å². The molecule has 0 saturated heterocycles. The van der Waals surface area contributed by atoms with Gasteiger partial charge in [-0.25, -0.2) is 14.2 Å². The van der Waals surface area contributed by atoms with E-state index in [1.165, 1.54) is 31.2 Å². The van der Waals surface area contributed by atoms with Crippen LogP contribution < -0.4 is 5.32 Å². The molecule has 0 spiro atoms. The molecule has 0 bridgehead atoms. The van der Waals surface area contributed by atoms with Crippen LogP contribution in [0.2, 0.25) is 0 Å². The highest BCUT2D eigenvalue weighted by atomic mass is 19.1. The van der Waals surface area contributed by atoms with Gasteiger partial charge < -0.3 is 10.4 Å². The Morgan fingerprint density at radius 3 is 2.67 bits per heavy atom. The normalized spacial score (nSPS) is 10.2. The zero-order chi connectivity index (χ0) is 15.4. The Hall–Kier alpha value is -2.76. The molecule has 5 nitrogen and oxygen atoms in total. The van der Waals surface area contributed by atoms with Crippen LogP contribution in [0.3, 0.4) is 0 Å². The molecule has 0 radical (unpaired) electrons. The number of amides is 1. The molecule has 1 aromatic heterocycles. The number of aromatic carboxylic acids is 1. The Balaban J connectivity index is 2.07. The van der Waals surface area contributed by atoms with Crippen molar-refractivity contribution in [1.29, 1.82) is 0 Å². The number of benzene rings is 1. The number of hydrogen-bond acceptors (Lipinski definition) is 3. The number of hydrogen-bond donors (Lipinski definition) is 2. The number of rotatable bonds is 4. The molecule has 6 heteroatoms. The molecule has 0 atom stereocenters. The van der Waals surface area contributed by atoms with Gasteiger partial charge in [0.1, 0.15) is 11.5 Å². The molecule has 2 rings (SSSR count). The fourth-order valence-electron chi connectivity index (χ4n) is 1.83. The fraction of sp³-hybridized carbons (Fsp3) is 0.133. The van der Waals surface area contributed by atoms with Crippen LogP contribution in [0.15, 0.2) is 36.4 Å². The SMILES string of the molecule is Cc1nc(C(=O)NCc2cccc(F)c2)ccc1C(=O)O. The fourth-order valence-corrected chi connectivity index (χ4v) is 1.83. The second-order valence-electron chi connectivity index (χ2n) is 4.45. The third-order valence-corrected chi connectivity index (χ3v) is 2.89. The lowest BCUT2D eigenvalue weighted by molar-refractivity contribution is 0.0694. The zero-order valence-corrected chi connectivity index (χ0v) is 11.3. The number of carbonyl (C=O) groups excluding carboxylic acids is 1. The summed E-state index contributed by atoms with van der Waals surface area (Å²) in [7, 11) is 0. The molecule has 2 N–H and O–H groups in total. The first kappa shape index (κ1) is 14.6. The first-order valence-electron chi connectivity index (χ1n) is 6.21. The van der Waals surface area contributed by atoms with E-state index in [1.807, 2.05) is 0 Å². The number of carboxylic acids is 1. The highest BCUT2D eigenvalue weighted by Gasteiger charge is 2.12. The molecule has 2 aromatic rings. The van der Waals surface area contributed by atoms with Crippen LogP contribution in [-0.4, -0.2) is 22.0 Å². The van der Waals surface area contributed by atoms with Crippen molar-refractivity contribution in [2.24, 2.45) is 0 Å². The van der Waals surface area contributed by atoms with Crippen LogP contribution >= 0.6 is 0 Å². The summed E-state index contributed by atoms with van der Waals surface area (Å²) in [6.45, 7) is 1.69. The number of aryl methyl sites for hydroxylation is 1. The first-order valence-corrected chi connectivity index (χ1v) is 6.21. The highest BCUT2D eigenvalue weighted by Crippen LogP contribution is 2.08. The van der Waals surface area contributed by atoms with E-state index in [9.17, 15) is 14.0 Å². The molecule has 1 heterocycles. The standard InChI is InChI=1S/C15H13FN2O3/c1-9-12(15(20)21)5-6-13(18-9)14(19)17-8-10-3-2-4-11(16)7-10/h2-7H,8H2,1H3,(H,17,19)(H,20,21). The van der Waals surface area contributed by atoms with Crippen molar-refractivity contribution in [2.45, 2.75) is 13.5 Å². The number of pyridine rings is 1. The first-order chi connectivity index (χ1) is 9.97. The average molecular weight is 288 g/mol. The van der Waals surface area contributed by atoms with E-state index in [0.29, 0.717) is 5.56 Å². The van der Waals surface area contributed by atoms with Gasteiger partial charge in [-0.2, -0.15) is 0 Å². The van der Waals surface area contributed by atoms with Crippen molar-refractivity contribution in [3.63, 3.8) is 0 Å². The number of carbonyl (C=O) groups is 2. The van der Waals surface area contributed by atoms with E-state index in [-0.39, 0.29) is 29.3 Å². The number of halogens is 1. The van der Waals surface area contributed by atoms with Crippen molar-refractivity contribution in [3.8, 4) is 0 Å². The van der Waals surface area contributed by atoms with E-state index in [0.717, 1.165) is 0 Å². The van der Waals surface area contributed by atoms with Gasteiger partial charge in [0.05, 0.1) is 11.3 Å². The second-order valence-corrected chi connectivity index (χ2v) is 4.45. The largest absolute Gasteiger partial charge is 0.478 e. The molecule has 21 heavy (non-hydrogen) atoms. The minimum absolute atomic E-state index is 0.0525. The summed E-state index contributed by atoms with van der Waals surface area (Å²) < 4.78 is 13.0. The second kappa shape index (κ2) is 6.13. The number of nitrogens with one attached hydrogen (secondary N) is 1. The van der Waals surface area contributed by atoms with Crippen LogP contribution in [0.4, 0.5) is 4.39 Å². The van der Waals surface area contributed by atoms with Crippen LogP contribution in [0.25, 0.3) is 0 Å². The number of aromatic nitrogens is 1. The number of nitrogens with zero attached hydrogens (tertiary/aromatic N) is 1. The van der Waals surface area contributed by atoms with Crippen molar-refractivity contribution >= 4 is 11.9 Å². The lowest BCUT2D eigenvalue weighted by Gasteiger charge is -2.07. The van der Waals surface area contributed by atoms with E-state index < -0.39 is 11.9 Å². The van der Waals surface area contributed by atoms with Crippen LogP contribution in [0.5, 0.6) is 0 Å². The summed E-state index contributed by atoms with van der Waals surface area (Å²) in [4.78, 5) is 26.7. The molecule has 0 aliphatic carbocycles. The van der Waals surface area contributed by atoms with E-state index in [2.05, 4.69) is 10.3 Å². The Kier molecular flexibility index (Phi) is 4.27. The minimum Gasteiger partial charge on any atom is -0.478 e.